The van der Waals surface area contributed by atoms with Crippen LogP contribution < -0.4 is 5.56 Å². The summed E-state index contributed by atoms with van der Waals surface area (Å²) in [5.41, 5.74) is 2.13. The van der Waals surface area contributed by atoms with Gasteiger partial charge >= 0.3 is 0 Å². The molecule has 2 aromatic heterocycles. The van der Waals surface area contributed by atoms with Gasteiger partial charge in [0.25, 0.3) is 11.5 Å². The maximum atomic E-state index is 13.1. The number of hydrogen-bond acceptors (Lipinski definition) is 3. The van der Waals surface area contributed by atoms with Gasteiger partial charge in [0.05, 0.1) is 12.0 Å². The summed E-state index contributed by atoms with van der Waals surface area (Å²) >= 11 is 6.27. The first-order chi connectivity index (χ1) is 12.5. The highest BCUT2D eigenvalue weighted by molar-refractivity contribution is 6.35. The highest BCUT2D eigenvalue weighted by atomic mass is 35.5. The minimum atomic E-state index is -0.165. The molecule has 1 N–H and O–H groups in total. The Balaban J connectivity index is 1.63. The summed E-state index contributed by atoms with van der Waals surface area (Å²) in [6.45, 7) is 1.26. The van der Waals surface area contributed by atoms with Crippen LogP contribution in [-0.2, 0) is 7.05 Å². The van der Waals surface area contributed by atoms with Gasteiger partial charge in [-0.3, -0.25) is 9.59 Å². The Morgan fingerprint density at radius 1 is 1.35 bits per heavy atom. The molecule has 0 bridgehead atoms. The summed E-state index contributed by atoms with van der Waals surface area (Å²) in [5, 5.41) is 1.52. The Labute approximate surface area is 155 Å². The highest BCUT2D eigenvalue weighted by Crippen LogP contribution is 2.29. The SMILES string of the molecule is Cn1c(C(=O)N2CCCC(c3cc(=O)[nH]cn3)C2)cc2c(Cl)cccc21. The van der Waals surface area contributed by atoms with E-state index in [0.717, 1.165) is 29.4 Å². The number of hydrogen-bond donors (Lipinski definition) is 1. The van der Waals surface area contributed by atoms with Gasteiger partial charge in [-0.2, -0.15) is 0 Å². The van der Waals surface area contributed by atoms with Crippen molar-refractivity contribution in [3.05, 3.63) is 63.4 Å². The molecular weight excluding hydrogens is 352 g/mol. The maximum absolute atomic E-state index is 13.1. The van der Waals surface area contributed by atoms with Crippen LogP contribution in [0.5, 0.6) is 0 Å². The fourth-order valence-electron chi connectivity index (χ4n) is 3.70. The standard InChI is InChI=1S/C19H19ClN4O2/c1-23-16-6-2-5-14(20)13(16)8-17(23)19(26)24-7-3-4-12(10-24)15-9-18(25)22-11-21-15/h2,5-6,8-9,11-12H,3-4,7,10H2,1H3,(H,21,22,25). The zero-order valence-electron chi connectivity index (χ0n) is 14.4. The number of aromatic nitrogens is 3. The second-order valence-electron chi connectivity index (χ2n) is 6.69. The van der Waals surface area contributed by atoms with E-state index in [2.05, 4.69) is 9.97 Å². The summed E-state index contributed by atoms with van der Waals surface area (Å²) in [7, 11) is 1.88. The predicted molar refractivity (Wildman–Crippen MR) is 101 cm³/mol. The van der Waals surface area contributed by atoms with Crippen molar-refractivity contribution in [2.75, 3.05) is 13.1 Å². The van der Waals surface area contributed by atoms with Crippen molar-refractivity contribution in [3.8, 4) is 0 Å². The fourth-order valence-corrected chi connectivity index (χ4v) is 3.93. The van der Waals surface area contributed by atoms with Gasteiger partial charge in [0.15, 0.2) is 0 Å². The van der Waals surface area contributed by atoms with E-state index in [-0.39, 0.29) is 17.4 Å². The van der Waals surface area contributed by atoms with E-state index in [9.17, 15) is 9.59 Å². The van der Waals surface area contributed by atoms with Crippen molar-refractivity contribution < 1.29 is 4.79 Å². The van der Waals surface area contributed by atoms with Crippen LogP contribution in [0.1, 0.15) is 34.9 Å². The van der Waals surface area contributed by atoms with Crippen LogP contribution in [0.4, 0.5) is 0 Å². The largest absolute Gasteiger partial charge is 0.340 e. The van der Waals surface area contributed by atoms with Crippen LogP contribution in [0, 0.1) is 0 Å². The molecule has 0 saturated carbocycles. The van der Waals surface area contributed by atoms with Crippen molar-refractivity contribution in [1.82, 2.24) is 19.4 Å². The van der Waals surface area contributed by atoms with Gasteiger partial charge in [-0.15, -0.1) is 0 Å². The molecule has 0 radical (unpaired) electrons. The summed E-state index contributed by atoms with van der Waals surface area (Å²) in [5.74, 6) is 0.0579. The number of H-pyrrole nitrogens is 1. The first-order valence-corrected chi connectivity index (χ1v) is 9.00. The minimum absolute atomic E-state index is 0.0192. The molecule has 3 heterocycles. The van der Waals surface area contributed by atoms with E-state index in [4.69, 9.17) is 11.6 Å². The Morgan fingerprint density at radius 2 is 2.19 bits per heavy atom. The lowest BCUT2D eigenvalue weighted by Crippen LogP contribution is -2.40. The fraction of sp³-hybridized carbons (Fsp3) is 0.316. The Kier molecular flexibility index (Phi) is 4.28. The van der Waals surface area contributed by atoms with Crippen LogP contribution in [0.3, 0.4) is 0 Å². The molecule has 0 spiro atoms. The molecule has 1 atom stereocenters. The van der Waals surface area contributed by atoms with Gasteiger partial charge in [0.1, 0.15) is 5.69 Å². The molecule has 1 saturated heterocycles. The Morgan fingerprint density at radius 3 is 2.96 bits per heavy atom. The molecule has 1 amide bonds. The maximum Gasteiger partial charge on any atom is 0.270 e. The van der Waals surface area contributed by atoms with Crippen molar-refractivity contribution in [3.63, 3.8) is 0 Å². The zero-order valence-corrected chi connectivity index (χ0v) is 15.2. The number of piperidine rings is 1. The molecule has 0 aliphatic carbocycles. The molecule has 1 aliphatic rings. The Bertz CT molecular complexity index is 1040. The lowest BCUT2D eigenvalue weighted by atomic mass is 9.94. The van der Waals surface area contributed by atoms with Gasteiger partial charge in [-0.05, 0) is 31.0 Å². The first-order valence-electron chi connectivity index (χ1n) is 8.62. The third-order valence-electron chi connectivity index (χ3n) is 5.08. The monoisotopic (exact) mass is 370 g/mol. The summed E-state index contributed by atoms with van der Waals surface area (Å²) in [6.07, 6.45) is 3.22. The van der Waals surface area contributed by atoms with Gasteiger partial charge < -0.3 is 14.5 Å². The molecule has 7 heteroatoms. The second kappa shape index (κ2) is 6.61. The van der Waals surface area contributed by atoms with E-state index in [0.29, 0.717) is 23.8 Å². The minimum Gasteiger partial charge on any atom is -0.340 e. The average Bonchev–Trinajstić information content (AvgIpc) is 2.99. The summed E-state index contributed by atoms with van der Waals surface area (Å²) in [6, 6.07) is 9.05. The quantitative estimate of drug-likeness (QED) is 0.754. The molecule has 1 unspecified atom stereocenters. The number of carbonyl (C=O) groups excluding carboxylic acids is 1. The van der Waals surface area contributed by atoms with Crippen LogP contribution in [0.15, 0.2) is 41.5 Å². The number of nitrogens with zero attached hydrogens (tertiary/aromatic N) is 3. The molecule has 134 valence electrons. The number of aryl methyl sites for hydroxylation is 1. The zero-order chi connectivity index (χ0) is 18.3. The van der Waals surface area contributed by atoms with E-state index in [1.807, 2.05) is 40.8 Å². The number of benzene rings is 1. The van der Waals surface area contributed by atoms with E-state index in [1.54, 1.807) is 0 Å². The normalized spacial score (nSPS) is 17.6. The molecule has 6 nitrogen and oxygen atoms in total. The Hall–Kier alpha value is -2.60. The van der Waals surface area contributed by atoms with Crippen LogP contribution >= 0.6 is 11.6 Å². The smallest absolute Gasteiger partial charge is 0.270 e. The number of carbonyl (C=O) groups is 1. The number of nitrogens with one attached hydrogen (secondary N) is 1. The van der Waals surface area contributed by atoms with Crippen LogP contribution in [-0.4, -0.2) is 38.4 Å². The molecule has 4 rings (SSSR count). The topological polar surface area (TPSA) is 71.0 Å². The highest BCUT2D eigenvalue weighted by Gasteiger charge is 2.28. The number of fused-ring (bicyclic) bond motifs is 1. The van der Waals surface area contributed by atoms with E-state index >= 15 is 0 Å². The molecule has 1 aliphatic heterocycles. The second-order valence-corrected chi connectivity index (χ2v) is 7.09. The van der Waals surface area contributed by atoms with Gasteiger partial charge in [-0.25, -0.2) is 4.98 Å². The lowest BCUT2D eigenvalue weighted by Gasteiger charge is -2.32. The van der Waals surface area contributed by atoms with E-state index in [1.165, 1.54) is 12.4 Å². The predicted octanol–water partition coefficient (Wildman–Crippen LogP) is 2.93. The molecule has 26 heavy (non-hydrogen) atoms. The van der Waals surface area contributed by atoms with Crippen LogP contribution in [0.2, 0.25) is 5.02 Å². The molecule has 1 fully saturated rings. The van der Waals surface area contributed by atoms with Gasteiger partial charge in [-0.1, -0.05) is 17.7 Å². The number of aromatic amines is 1. The van der Waals surface area contributed by atoms with Gasteiger partial charge in [0, 0.05) is 48.0 Å². The molecule has 3 aromatic rings. The number of amides is 1. The van der Waals surface area contributed by atoms with Crippen molar-refractivity contribution >= 4 is 28.4 Å². The summed E-state index contributed by atoms with van der Waals surface area (Å²) < 4.78 is 1.89. The lowest BCUT2D eigenvalue weighted by molar-refractivity contribution is 0.0696. The first kappa shape index (κ1) is 16.8. The van der Waals surface area contributed by atoms with Crippen molar-refractivity contribution in [1.29, 1.82) is 0 Å². The van der Waals surface area contributed by atoms with Crippen molar-refractivity contribution in [2.24, 2.45) is 7.05 Å². The average molecular weight is 371 g/mol. The number of rotatable bonds is 2. The number of likely N-dealkylation sites (tertiary alicyclic amines) is 1. The third-order valence-corrected chi connectivity index (χ3v) is 5.41. The van der Waals surface area contributed by atoms with E-state index < -0.39 is 0 Å². The molecular formula is C19H19ClN4O2. The third kappa shape index (κ3) is 2.90. The molecule has 1 aromatic carbocycles. The number of halogens is 1. The summed E-state index contributed by atoms with van der Waals surface area (Å²) in [4.78, 5) is 33.3. The van der Waals surface area contributed by atoms with Gasteiger partial charge in [0.2, 0.25) is 0 Å². The van der Waals surface area contributed by atoms with Crippen LogP contribution in [0.25, 0.3) is 10.9 Å². The van der Waals surface area contributed by atoms with Crippen molar-refractivity contribution in [2.45, 2.75) is 18.8 Å².